The molecule has 0 spiro atoms. The third kappa shape index (κ3) is 1.98. The van der Waals surface area contributed by atoms with E-state index in [4.69, 9.17) is 9.63 Å². The van der Waals surface area contributed by atoms with E-state index in [0.29, 0.717) is 31.0 Å². The molecule has 1 aliphatic rings. The van der Waals surface area contributed by atoms with E-state index < -0.39 is 11.9 Å². The van der Waals surface area contributed by atoms with Gasteiger partial charge in [-0.2, -0.15) is 4.98 Å². The van der Waals surface area contributed by atoms with Gasteiger partial charge in [0.05, 0.1) is 11.8 Å². The predicted octanol–water partition coefficient (Wildman–Crippen LogP) is 1.77. The van der Waals surface area contributed by atoms with Crippen molar-refractivity contribution in [1.29, 1.82) is 0 Å². The van der Waals surface area contributed by atoms with E-state index in [0.717, 1.165) is 0 Å². The van der Waals surface area contributed by atoms with Crippen LogP contribution in [-0.2, 0) is 11.2 Å². The molecule has 0 aliphatic heterocycles. The smallest absolute Gasteiger partial charge is 0.307 e. The predicted molar refractivity (Wildman–Crippen MR) is 55.9 cm³/mol. The fraction of sp³-hybridized carbons (Fsp3) is 0.545. The summed E-state index contributed by atoms with van der Waals surface area (Å²) in [6, 6.07) is 0. The van der Waals surface area contributed by atoms with Crippen LogP contribution in [0.1, 0.15) is 37.4 Å². The summed E-state index contributed by atoms with van der Waals surface area (Å²) in [7, 11) is 0. The first kappa shape index (κ1) is 10.9. The maximum absolute atomic E-state index is 11.1. The molecule has 2 atom stereocenters. The van der Waals surface area contributed by atoms with Crippen molar-refractivity contribution in [3.05, 3.63) is 23.9 Å². The van der Waals surface area contributed by atoms with Crippen molar-refractivity contribution in [2.45, 2.75) is 32.1 Å². The topological polar surface area (TPSA) is 76.2 Å². The van der Waals surface area contributed by atoms with Crippen molar-refractivity contribution < 1.29 is 14.4 Å². The summed E-state index contributed by atoms with van der Waals surface area (Å²) in [5, 5.41) is 12.9. The minimum Gasteiger partial charge on any atom is -0.481 e. The minimum absolute atomic E-state index is 0.185. The number of aliphatic carboxylic acids is 1. The molecular formula is C11H14N2O3. The average molecular weight is 222 g/mol. The Morgan fingerprint density at radius 3 is 2.94 bits per heavy atom. The molecular weight excluding hydrogens is 208 g/mol. The number of aryl methyl sites for hydroxylation is 1. The largest absolute Gasteiger partial charge is 0.481 e. The van der Waals surface area contributed by atoms with Gasteiger partial charge in [-0.25, -0.2) is 0 Å². The van der Waals surface area contributed by atoms with Crippen LogP contribution in [0.2, 0.25) is 0 Å². The van der Waals surface area contributed by atoms with Crippen molar-refractivity contribution >= 4 is 5.97 Å². The lowest BCUT2D eigenvalue weighted by atomic mass is 9.83. The fourth-order valence-corrected chi connectivity index (χ4v) is 1.92. The standard InChI is InChI=1S/C11H14N2O3/c1-2-9-12-10(16-13-9)7-5-3-4-6-8(7)11(14)15/h3-4,7-8H,2,5-6H2,1H3,(H,14,15)/t7-,8+/m1/s1. The monoisotopic (exact) mass is 222 g/mol. The molecule has 0 saturated carbocycles. The number of allylic oxidation sites excluding steroid dienone is 2. The molecule has 1 aromatic heterocycles. The molecule has 0 bridgehead atoms. The van der Waals surface area contributed by atoms with Crippen molar-refractivity contribution in [2.75, 3.05) is 0 Å². The molecule has 0 unspecified atom stereocenters. The van der Waals surface area contributed by atoms with Gasteiger partial charge in [-0.3, -0.25) is 4.79 Å². The second kappa shape index (κ2) is 4.47. The fourth-order valence-electron chi connectivity index (χ4n) is 1.92. The number of carboxylic acid groups (broad SMARTS) is 1. The number of rotatable bonds is 3. The normalized spacial score (nSPS) is 24.6. The first-order valence-corrected chi connectivity index (χ1v) is 5.42. The van der Waals surface area contributed by atoms with Gasteiger partial charge in [0.2, 0.25) is 5.89 Å². The quantitative estimate of drug-likeness (QED) is 0.788. The molecule has 2 rings (SSSR count). The van der Waals surface area contributed by atoms with Crippen LogP contribution in [0, 0.1) is 5.92 Å². The summed E-state index contributed by atoms with van der Waals surface area (Å²) in [5.41, 5.74) is 0. The van der Waals surface area contributed by atoms with E-state index in [-0.39, 0.29) is 5.92 Å². The zero-order valence-electron chi connectivity index (χ0n) is 9.09. The van der Waals surface area contributed by atoms with Gasteiger partial charge in [0.1, 0.15) is 0 Å². The van der Waals surface area contributed by atoms with Crippen LogP contribution in [0.5, 0.6) is 0 Å². The van der Waals surface area contributed by atoms with Gasteiger partial charge in [-0.05, 0) is 12.8 Å². The third-order valence-corrected chi connectivity index (χ3v) is 2.87. The Labute approximate surface area is 93.2 Å². The SMILES string of the molecule is CCc1noc([C@@H]2CC=CC[C@@H]2C(=O)O)n1. The highest BCUT2D eigenvalue weighted by atomic mass is 16.5. The maximum atomic E-state index is 11.1. The number of carbonyl (C=O) groups is 1. The van der Waals surface area contributed by atoms with Crippen LogP contribution in [0.25, 0.3) is 0 Å². The van der Waals surface area contributed by atoms with E-state index in [2.05, 4.69) is 10.1 Å². The maximum Gasteiger partial charge on any atom is 0.307 e. The highest BCUT2D eigenvalue weighted by molar-refractivity contribution is 5.71. The van der Waals surface area contributed by atoms with Crippen LogP contribution >= 0.6 is 0 Å². The lowest BCUT2D eigenvalue weighted by molar-refractivity contribution is -0.142. The van der Waals surface area contributed by atoms with Gasteiger partial charge in [-0.1, -0.05) is 24.2 Å². The molecule has 0 amide bonds. The van der Waals surface area contributed by atoms with Gasteiger partial charge in [0.15, 0.2) is 5.82 Å². The molecule has 5 nitrogen and oxygen atoms in total. The van der Waals surface area contributed by atoms with Gasteiger partial charge in [0.25, 0.3) is 0 Å². The van der Waals surface area contributed by atoms with Gasteiger partial charge in [-0.15, -0.1) is 0 Å². The number of aromatic nitrogens is 2. The summed E-state index contributed by atoms with van der Waals surface area (Å²) in [5.74, 6) is -0.349. The Hall–Kier alpha value is -1.65. The Kier molecular flexibility index (Phi) is 3.03. The molecule has 0 saturated heterocycles. The number of carboxylic acids is 1. The number of hydrogen-bond donors (Lipinski definition) is 1. The van der Waals surface area contributed by atoms with Crippen LogP contribution in [0.3, 0.4) is 0 Å². The summed E-state index contributed by atoms with van der Waals surface area (Å²) in [6.07, 6.45) is 5.75. The molecule has 86 valence electrons. The van der Waals surface area contributed by atoms with Crippen LogP contribution in [0.15, 0.2) is 16.7 Å². The molecule has 0 fully saturated rings. The summed E-state index contributed by atoms with van der Waals surface area (Å²) >= 11 is 0. The number of hydrogen-bond acceptors (Lipinski definition) is 4. The van der Waals surface area contributed by atoms with Gasteiger partial charge < -0.3 is 9.63 Å². The van der Waals surface area contributed by atoms with Crippen LogP contribution < -0.4 is 0 Å². The molecule has 0 aromatic carbocycles. The van der Waals surface area contributed by atoms with Crippen molar-refractivity contribution in [3.8, 4) is 0 Å². The highest BCUT2D eigenvalue weighted by Gasteiger charge is 2.33. The minimum atomic E-state index is -0.800. The Bertz CT molecular complexity index is 411. The highest BCUT2D eigenvalue weighted by Crippen LogP contribution is 2.33. The van der Waals surface area contributed by atoms with Crippen molar-refractivity contribution in [2.24, 2.45) is 5.92 Å². The lowest BCUT2D eigenvalue weighted by Gasteiger charge is -2.21. The molecule has 1 heterocycles. The average Bonchev–Trinajstić information content (AvgIpc) is 2.77. The summed E-state index contributed by atoms with van der Waals surface area (Å²) < 4.78 is 5.12. The van der Waals surface area contributed by atoms with Gasteiger partial charge in [0, 0.05) is 6.42 Å². The van der Waals surface area contributed by atoms with E-state index in [1.165, 1.54) is 0 Å². The second-order valence-electron chi connectivity index (χ2n) is 3.90. The van der Waals surface area contributed by atoms with Crippen molar-refractivity contribution in [3.63, 3.8) is 0 Å². The van der Waals surface area contributed by atoms with E-state index >= 15 is 0 Å². The zero-order chi connectivity index (χ0) is 11.5. The molecule has 5 heteroatoms. The van der Waals surface area contributed by atoms with Crippen LogP contribution in [0.4, 0.5) is 0 Å². The van der Waals surface area contributed by atoms with E-state index in [1.54, 1.807) is 0 Å². The van der Waals surface area contributed by atoms with E-state index in [1.807, 2.05) is 19.1 Å². The van der Waals surface area contributed by atoms with Gasteiger partial charge >= 0.3 is 5.97 Å². The molecule has 0 radical (unpaired) electrons. The van der Waals surface area contributed by atoms with Crippen molar-refractivity contribution in [1.82, 2.24) is 10.1 Å². The first-order chi connectivity index (χ1) is 7.72. The summed E-state index contributed by atoms with van der Waals surface area (Å²) in [6.45, 7) is 1.93. The zero-order valence-corrected chi connectivity index (χ0v) is 9.09. The lowest BCUT2D eigenvalue weighted by Crippen LogP contribution is -2.23. The third-order valence-electron chi connectivity index (χ3n) is 2.87. The summed E-state index contributed by atoms with van der Waals surface area (Å²) in [4.78, 5) is 15.3. The molecule has 16 heavy (non-hydrogen) atoms. The molecule has 1 aromatic rings. The van der Waals surface area contributed by atoms with Crippen LogP contribution in [-0.4, -0.2) is 21.2 Å². The van der Waals surface area contributed by atoms with E-state index in [9.17, 15) is 4.79 Å². The number of nitrogens with zero attached hydrogens (tertiary/aromatic N) is 2. The molecule has 1 aliphatic carbocycles. The molecule has 1 N–H and O–H groups in total. The first-order valence-electron chi connectivity index (χ1n) is 5.42. The second-order valence-corrected chi connectivity index (χ2v) is 3.90. The Morgan fingerprint density at radius 1 is 1.56 bits per heavy atom. The Morgan fingerprint density at radius 2 is 2.31 bits per heavy atom. The Balaban J connectivity index is 2.23.